The van der Waals surface area contributed by atoms with Gasteiger partial charge in [0, 0.05) is 6.54 Å². The summed E-state index contributed by atoms with van der Waals surface area (Å²) in [6.45, 7) is 5.94. The van der Waals surface area contributed by atoms with Gasteiger partial charge in [-0.3, -0.25) is 9.59 Å². The Kier molecular flexibility index (Phi) is 6.36. The number of carboxylic acid groups (broad SMARTS) is 1. The fourth-order valence-electron chi connectivity index (χ4n) is 0.955. The summed E-state index contributed by atoms with van der Waals surface area (Å²) in [5.41, 5.74) is 0. The Balaban J connectivity index is 4.08. The van der Waals surface area contributed by atoms with Gasteiger partial charge in [-0.25, -0.2) is 0 Å². The summed E-state index contributed by atoms with van der Waals surface area (Å²) in [5.74, 6) is -0.953. The Morgan fingerprint density at radius 3 is 2.36 bits per heavy atom. The Hall–Kier alpha value is -0.710. The molecule has 14 heavy (non-hydrogen) atoms. The molecule has 0 aromatic heterocycles. The molecule has 0 heterocycles. The van der Waals surface area contributed by atoms with Crippen LogP contribution in [-0.2, 0) is 9.59 Å². The summed E-state index contributed by atoms with van der Waals surface area (Å²) in [5, 5.41) is 10.6. The van der Waals surface area contributed by atoms with Crippen molar-refractivity contribution in [3.05, 3.63) is 0 Å². The summed E-state index contributed by atoms with van der Waals surface area (Å²) >= 11 is 1.19. The third-order valence-electron chi connectivity index (χ3n) is 1.73. The molecule has 0 spiro atoms. The predicted molar refractivity (Wildman–Crippen MR) is 57.5 cm³/mol. The average Bonchev–Trinajstić information content (AvgIpc) is 2.13. The van der Waals surface area contributed by atoms with Crippen molar-refractivity contribution >= 4 is 23.6 Å². The fourth-order valence-corrected chi connectivity index (χ4v) is 1.96. The molecule has 0 bridgehead atoms. The first kappa shape index (κ1) is 13.3. The van der Waals surface area contributed by atoms with Crippen LogP contribution < -0.4 is 5.32 Å². The largest absolute Gasteiger partial charge is 0.480 e. The molecule has 0 aromatic rings. The molecule has 0 radical (unpaired) electrons. The minimum Gasteiger partial charge on any atom is -0.480 e. The van der Waals surface area contributed by atoms with E-state index >= 15 is 0 Å². The van der Waals surface area contributed by atoms with E-state index in [-0.39, 0.29) is 11.2 Å². The van der Waals surface area contributed by atoms with E-state index in [9.17, 15) is 9.59 Å². The van der Waals surface area contributed by atoms with Crippen LogP contribution in [0.5, 0.6) is 0 Å². The number of hydrogen-bond acceptors (Lipinski definition) is 3. The number of carboxylic acids is 1. The summed E-state index contributed by atoms with van der Waals surface area (Å²) in [4.78, 5) is 22.0. The van der Waals surface area contributed by atoms with Crippen molar-refractivity contribution < 1.29 is 14.7 Å². The lowest BCUT2D eigenvalue weighted by molar-refractivity contribution is -0.136. The maximum absolute atomic E-state index is 11.3. The SMILES string of the molecule is CCNC(=O)C(C)SC(CC)C(=O)O. The number of hydrogen-bond donors (Lipinski definition) is 2. The molecule has 0 rings (SSSR count). The lowest BCUT2D eigenvalue weighted by atomic mass is 10.3. The first-order chi connectivity index (χ1) is 6.52. The minimum absolute atomic E-state index is 0.0998. The Labute approximate surface area is 88.4 Å². The topological polar surface area (TPSA) is 66.4 Å². The Bertz CT molecular complexity index is 208. The standard InChI is InChI=1S/C9H17NO3S/c1-4-7(9(12)13)14-6(3)8(11)10-5-2/h6-7H,4-5H2,1-3H3,(H,10,11)(H,12,13). The first-order valence-corrected chi connectivity index (χ1v) is 5.63. The van der Waals surface area contributed by atoms with Crippen LogP contribution in [0.3, 0.4) is 0 Å². The fraction of sp³-hybridized carbons (Fsp3) is 0.778. The van der Waals surface area contributed by atoms with Gasteiger partial charge in [0.2, 0.25) is 5.91 Å². The van der Waals surface area contributed by atoms with Crippen molar-refractivity contribution in [3.8, 4) is 0 Å². The second-order valence-electron chi connectivity index (χ2n) is 2.91. The van der Waals surface area contributed by atoms with E-state index in [4.69, 9.17) is 5.11 Å². The summed E-state index contributed by atoms with van der Waals surface area (Å²) in [6.07, 6.45) is 0.531. The second-order valence-corrected chi connectivity index (χ2v) is 4.46. The monoisotopic (exact) mass is 219 g/mol. The molecule has 0 aromatic carbocycles. The van der Waals surface area contributed by atoms with Gasteiger partial charge in [0.15, 0.2) is 0 Å². The Morgan fingerprint density at radius 2 is 2.00 bits per heavy atom. The number of rotatable bonds is 6. The number of carbonyl (C=O) groups is 2. The highest BCUT2D eigenvalue weighted by Crippen LogP contribution is 2.20. The van der Waals surface area contributed by atoms with Gasteiger partial charge in [-0.1, -0.05) is 6.92 Å². The number of aliphatic carboxylic acids is 1. The second kappa shape index (κ2) is 6.70. The molecular weight excluding hydrogens is 202 g/mol. The van der Waals surface area contributed by atoms with Crippen LogP contribution in [0.25, 0.3) is 0 Å². The highest BCUT2D eigenvalue weighted by atomic mass is 32.2. The van der Waals surface area contributed by atoms with Crippen LogP contribution in [0.15, 0.2) is 0 Å². The molecule has 2 N–H and O–H groups in total. The van der Waals surface area contributed by atoms with E-state index in [1.165, 1.54) is 11.8 Å². The van der Waals surface area contributed by atoms with Gasteiger partial charge in [0.25, 0.3) is 0 Å². The highest BCUT2D eigenvalue weighted by molar-refractivity contribution is 8.01. The van der Waals surface area contributed by atoms with Crippen molar-refractivity contribution in [2.75, 3.05) is 6.54 Å². The summed E-state index contributed by atoms with van der Waals surface area (Å²) in [7, 11) is 0. The summed E-state index contributed by atoms with van der Waals surface area (Å²) < 4.78 is 0. The van der Waals surface area contributed by atoms with Crippen molar-refractivity contribution in [1.82, 2.24) is 5.32 Å². The van der Waals surface area contributed by atoms with E-state index < -0.39 is 11.2 Å². The number of thioether (sulfide) groups is 1. The molecule has 4 nitrogen and oxygen atoms in total. The van der Waals surface area contributed by atoms with Crippen LogP contribution in [0.1, 0.15) is 27.2 Å². The molecule has 1 amide bonds. The maximum atomic E-state index is 11.3. The van der Waals surface area contributed by atoms with Crippen molar-refractivity contribution in [3.63, 3.8) is 0 Å². The van der Waals surface area contributed by atoms with Crippen LogP contribution in [0.4, 0.5) is 0 Å². The molecule has 82 valence electrons. The van der Waals surface area contributed by atoms with E-state index in [2.05, 4.69) is 5.32 Å². The lowest BCUT2D eigenvalue weighted by Crippen LogP contribution is -2.33. The molecule has 0 fully saturated rings. The van der Waals surface area contributed by atoms with E-state index in [0.717, 1.165) is 0 Å². The molecule has 0 aliphatic carbocycles. The van der Waals surface area contributed by atoms with Gasteiger partial charge in [-0.05, 0) is 20.3 Å². The Morgan fingerprint density at radius 1 is 1.43 bits per heavy atom. The summed E-state index contributed by atoms with van der Waals surface area (Å²) in [6, 6.07) is 0. The molecule has 5 heteroatoms. The third-order valence-corrected chi connectivity index (χ3v) is 3.22. The zero-order chi connectivity index (χ0) is 11.1. The van der Waals surface area contributed by atoms with Crippen molar-refractivity contribution in [2.45, 2.75) is 37.7 Å². The van der Waals surface area contributed by atoms with E-state index in [1.54, 1.807) is 13.8 Å². The molecule has 0 saturated heterocycles. The first-order valence-electron chi connectivity index (χ1n) is 4.68. The zero-order valence-corrected chi connectivity index (χ0v) is 9.56. The molecule has 0 aliphatic rings. The van der Waals surface area contributed by atoms with Crippen molar-refractivity contribution in [1.29, 1.82) is 0 Å². The lowest BCUT2D eigenvalue weighted by Gasteiger charge is -2.15. The molecule has 2 atom stereocenters. The van der Waals surface area contributed by atoms with Gasteiger partial charge < -0.3 is 10.4 Å². The van der Waals surface area contributed by atoms with Crippen molar-refractivity contribution in [2.24, 2.45) is 0 Å². The van der Waals surface area contributed by atoms with Crippen LogP contribution in [-0.4, -0.2) is 34.0 Å². The van der Waals surface area contributed by atoms with Gasteiger partial charge in [-0.2, -0.15) is 0 Å². The molecule has 0 saturated carbocycles. The van der Waals surface area contributed by atoms with Gasteiger partial charge in [0.05, 0.1) is 5.25 Å². The zero-order valence-electron chi connectivity index (χ0n) is 8.74. The quantitative estimate of drug-likeness (QED) is 0.702. The normalized spacial score (nSPS) is 14.5. The van der Waals surface area contributed by atoms with E-state index in [1.807, 2.05) is 6.92 Å². The minimum atomic E-state index is -0.853. The number of nitrogens with one attached hydrogen (secondary N) is 1. The molecular formula is C9H17NO3S. The highest BCUT2D eigenvalue weighted by Gasteiger charge is 2.22. The number of amides is 1. The van der Waals surface area contributed by atoms with Gasteiger partial charge in [0.1, 0.15) is 5.25 Å². The smallest absolute Gasteiger partial charge is 0.316 e. The van der Waals surface area contributed by atoms with Crippen LogP contribution >= 0.6 is 11.8 Å². The molecule has 0 aliphatic heterocycles. The van der Waals surface area contributed by atoms with Crippen LogP contribution in [0.2, 0.25) is 0 Å². The van der Waals surface area contributed by atoms with Crippen LogP contribution in [0, 0.1) is 0 Å². The van der Waals surface area contributed by atoms with E-state index in [0.29, 0.717) is 13.0 Å². The number of carbonyl (C=O) groups excluding carboxylic acids is 1. The van der Waals surface area contributed by atoms with Gasteiger partial charge in [-0.15, -0.1) is 11.8 Å². The van der Waals surface area contributed by atoms with Gasteiger partial charge >= 0.3 is 5.97 Å². The average molecular weight is 219 g/mol. The third kappa shape index (κ3) is 4.50. The maximum Gasteiger partial charge on any atom is 0.316 e. The predicted octanol–water partition coefficient (Wildman–Crippen LogP) is 1.11. The molecule has 2 unspecified atom stereocenters.